The van der Waals surface area contributed by atoms with Gasteiger partial charge >= 0.3 is 0 Å². The summed E-state index contributed by atoms with van der Waals surface area (Å²) >= 11 is 0. The Bertz CT molecular complexity index is 3160. The largest absolute Gasteiger partial charge is 0.436 e. The lowest BCUT2D eigenvalue weighted by Crippen LogP contribution is -2.09. The molecule has 0 spiro atoms. The highest BCUT2D eigenvalue weighted by atomic mass is 19.1. The molecule has 8 aromatic carbocycles. The molecule has 0 aliphatic heterocycles. The number of rotatable bonds is 6. The topological polar surface area (TPSA) is 55.3 Å². The van der Waals surface area contributed by atoms with E-state index in [0.717, 1.165) is 16.5 Å². The maximum Gasteiger partial charge on any atom is 0.227 e. The minimum atomic E-state index is -0.442. The van der Waals surface area contributed by atoms with E-state index in [1.807, 2.05) is 60.7 Å². The summed E-state index contributed by atoms with van der Waals surface area (Å²) in [5, 5.41) is 1.07. The number of halogens is 1. The predicted octanol–water partition coefficient (Wildman–Crippen LogP) is 12.9. The van der Waals surface area contributed by atoms with Crippen LogP contribution in [0.2, 0.25) is 0 Å². The van der Waals surface area contributed by atoms with Gasteiger partial charge in [0.15, 0.2) is 11.2 Å². The molecule has 0 saturated carbocycles. The molecular weight excluding hydrogens is 646 g/mol. The van der Waals surface area contributed by atoms with E-state index in [4.69, 9.17) is 10.2 Å². The molecule has 10 rings (SSSR count). The third-order valence-corrected chi connectivity index (χ3v) is 8.98. The Morgan fingerprint density at radius 2 is 1.06 bits per heavy atom. The van der Waals surface area contributed by atoms with Gasteiger partial charge in [0.25, 0.3) is 0 Å². The van der Waals surface area contributed by atoms with Gasteiger partial charge in [0, 0.05) is 40.3 Å². The van der Waals surface area contributed by atoms with E-state index >= 15 is 0 Å². The molecule has 2 aromatic heterocycles. The van der Waals surface area contributed by atoms with Crippen LogP contribution in [0.1, 0.15) is 8.22 Å². The first-order valence-corrected chi connectivity index (χ1v) is 16.6. The predicted molar refractivity (Wildman–Crippen MR) is 208 cm³/mol. The van der Waals surface area contributed by atoms with Gasteiger partial charge in [-0.15, -0.1) is 0 Å². The Morgan fingerprint density at radius 3 is 1.71 bits per heavy atom. The lowest BCUT2D eigenvalue weighted by molar-refractivity contribution is 0.620. The number of oxazole rings is 2. The molecule has 0 aliphatic carbocycles. The molecule has 5 nitrogen and oxygen atoms in total. The first-order chi connectivity index (χ1) is 28.1. The van der Waals surface area contributed by atoms with E-state index in [2.05, 4.69) is 9.97 Å². The molecule has 0 bridgehead atoms. The maximum absolute atomic E-state index is 14.2. The second kappa shape index (κ2) is 12.1. The first-order valence-electron chi connectivity index (χ1n) is 19.6. The van der Waals surface area contributed by atoms with Gasteiger partial charge in [0.1, 0.15) is 16.9 Å². The van der Waals surface area contributed by atoms with E-state index in [1.54, 1.807) is 65.6 Å². The second-order valence-electron chi connectivity index (χ2n) is 12.3. The monoisotopic (exact) mass is 679 g/mol. The average Bonchev–Trinajstić information content (AvgIpc) is 3.88. The highest BCUT2D eigenvalue weighted by Crippen LogP contribution is 2.40. The standard InChI is InChI=1S/C46H28FN3O2/c47-37-17-15-29-11-12-33(24-36(29)25-37)32-13-14-35-26-38(18-16-34(35)23-32)50(39-19-21-41-43(27-39)51-45(48-41)30-7-3-1-4-8-30)40-20-22-42-44(28-40)52-46(49-42)31-9-5-2-6-10-31/h1-28H/i13D,14D,16D,18D,23D,26D. The van der Waals surface area contributed by atoms with Crippen molar-refractivity contribution in [3.8, 4) is 34.0 Å². The molecule has 0 atom stereocenters. The number of hydrogen-bond donors (Lipinski definition) is 0. The summed E-state index contributed by atoms with van der Waals surface area (Å²) in [6.07, 6.45) is 0. The van der Waals surface area contributed by atoms with Gasteiger partial charge in [0.05, 0.1) is 8.22 Å². The fourth-order valence-corrected chi connectivity index (χ4v) is 6.41. The van der Waals surface area contributed by atoms with Crippen molar-refractivity contribution in [1.29, 1.82) is 0 Å². The maximum atomic E-state index is 14.2. The van der Waals surface area contributed by atoms with E-state index in [9.17, 15) is 11.2 Å². The Balaban J connectivity index is 1.20. The van der Waals surface area contributed by atoms with Crippen LogP contribution in [0.3, 0.4) is 0 Å². The summed E-state index contributed by atoms with van der Waals surface area (Å²) in [5.41, 5.74) is 4.88. The zero-order valence-electron chi connectivity index (χ0n) is 33.2. The Labute approximate surface area is 306 Å². The minimum absolute atomic E-state index is 0.0514. The number of benzene rings is 8. The van der Waals surface area contributed by atoms with Crippen molar-refractivity contribution < 1.29 is 21.4 Å². The minimum Gasteiger partial charge on any atom is -0.436 e. The van der Waals surface area contributed by atoms with E-state index in [1.165, 1.54) is 12.1 Å². The van der Waals surface area contributed by atoms with Crippen LogP contribution < -0.4 is 4.90 Å². The molecule has 0 unspecified atom stereocenters. The molecule has 2 heterocycles. The number of hydrogen-bond acceptors (Lipinski definition) is 5. The van der Waals surface area contributed by atoms with Crippen molar-refractivity contribution in [2.24, 2.45) is 0 Å². The molecule has 0 N–H and O–H groups in total. The van der Waals surface area contributed by atoms with Gasteiger partial charge in [-0.1, -0.05) is 72.7 Å². The summed E-state index contributed by atoms with van der Waals surface area (Å²) in [6.45, 7) is 0. The summed E-state index contributed by atoms with van der Waals surface area (Å²) in [6, 6.07) is 36.8. The average molecular weight is 680 g/mol. The molecule has 0 amide bonds. The second-order valence-corrected chi connectivity index (χ2v) is 12.3. The molecule has 52 heavy (non-hydrogen) atoms. The van der Waals surface area contributed by atoms with Crippen molar-refractivity contribution in [2.45, 2.75) is 0 Å². The van der Waals surface area contributed by atoms with Crippen molar-refractivity contribution >= 4 is 60.8 Å². The molecule has 0 saturated heterocycles. The third kappa shape index (κ3) is 5.34. The highest BCUT2D eigenvalue weighted by Gasteiger charge is 2.18. The molecule has 0 aliphatic rings. The smallest absolute Gasteiger partial charge is 0.227 e. The number of fused-ring (bicyclic) bond motifs is 4. The lowest BCUT2D eigenvalue weighted by Gasteiger charge is -2.25. The third-order valence-electron chi connectivity index (χ3n) is 8.98. The quantitative estimate of drug-likeness (QED) is 0.175. The van der Waals surface area contributed by atoms with Crippen molar-refractivity contribution in [2.75, 3.05) is 4.90 Å². The van der Waals surface area contributed by atoms with Crippen LogP contribution in [0.15, 0.2) is 179 Å². The fourth-order valence-electron chi connectivity index (χ4n) is 6.41. The summed E-state index contributed by atoms with van der Waals surface area (Å²) in [4.78, 5) is 11.0. The molecule has 246 valence electrons. The van der Waals surface area contributed by atoms with Crippen molar-refractivity contribution in [3.05, 3.63) is 176 Å². The van der Waals surface area contributed by atoms with Gasteiger partial charge in [0.2, 0.25) is 11.8 Å². The molecule has 6 heteroatoms. The van der Waals surface area contributed by atoms with Crippen molar-refractivity contribution in [3.63, 3.8) is 0 Å². The number of anilines is 3. The SMILES string of the molecule is [2H]c1c(N(c2ccc3nc(-c4ccccc4)oc3c2)c2ccc3nc(-c4ccccc4)oc3c2)c([2H])c2c([2H])c([2H])c(-c3ccc4ccc(F)cc4c3)c([2H])c2c1[2H]. The van der Waals surface area contributed by atoms with Gasteiger partial charge in [-0.3, -0.25) is 0 Å². The van der Waals surface area contributed by atoms with Crippen LogP contribution in [-0.4, -0.2) is 9.97 Å². The Kier molecular flexibility index (Phi) is 5.61. The van der Waals surface area contributed by atoms with Crippen LogP contribution in [0, 0.1) is 5.82 Å². The van der Waals surface area contributed by atoms with Gasteiger partial charge < -0.3 is 13.7 Å². The van der Waals surface area contributed by atoms with Gasteiger partial charge in [-0.05, 0) is 118 Å². The van der Waals surface area contributed by atoms with Gasteiger partial charge in [-0.2, -0.15) is 0 Å². The zero-order valence-corrected chi connectivity index (χ0v) is 27.2. The number of aromatic nitrogens is 2. The van der Waals surface area contributed by atoms with E-state index < -0.39 is 11.9 Å². The van der Waals surface area contributed by atoms with Crippen LogP contribution >= 0.6 is 0 Å². The highest BCUT2D eigenvalue weighted by molar-refractivity contribution is 5.95. The first kappa shape index (κ1) is 24.2. The van der Waals surface area contributed by atoms with Crippen LogP contribution in [-0.2, 0) is 0 Å². The summed E-state index contributed by atoms with van der Waals surface area (Å²) in [7, 11) is 0. The van der Waals surface area contributed by atoms with Crippen LogP contribution in [0.4, 0.5) is 21.5 Å². The Morgan fingerprint density at radius 1 is 0.462 bits per heavy atom. The number of nitrogens with zero attached hydrogens (tertiary/aromatic N) is 3. The molecular formula is C46H28FN3O2. The van der Waals surface area contributed by atoms with Crippen LogP contribution in [0.25, 0.3) is 77.8 Å². The van der Waals surface area contributed by atoms with E-state index in [-0.39, 0.29) is 52.2 Å². The molecule has 0 radical (unpaired) electrons. The summed E-state index contributed by atoms with van der Waals surface area (Å²) in [5.74, 6) is 0.381. The lowest BCUT2D eigenvalue weighted by atomic mass is 9.98. The fraction of sp³-hybridized carbons (Fsp3) is 0. The summed E-state index contributed by atoms with van der Waals surface area (Å²) < 4.78 is 82.9. The molecule has 0 fully saturated rings. The Hall–Kier alpha value is -7.05. The van der Waals surface area contributed by atoms with E-state index in [0.29, 0.717) is 56.3 Å². The van der Waals surface area contributed by atoms with Crippen LogP contribution in [0.5, 0.6) is 0 Å². The van der Waals surface area contributed by atoms with Gasteiger partial charge in [-0.25, -0.2) is 14.4 Å². The van der Waals surface area contributed by atoms with Crippen molar-refractivity contribution in [1.82, 2.24) is 9.97 Å². The normalized spacial score (nSPS) is 13.2. The zero-order chi connectivity index (χ0) is 39.8. The molecule has 10 aromatic rings.